The van der Waals surface area contributed by atoms with Crippen molar-refractivity contribution >= 4 is 18.0 Å². The van der Waals surface area contributed by atoms with Gasteiger partial charge in [0.15, 0.2) is 0 Å². The van der Waals surface area contributed by atoms with Gasteiger partial charge in [0.1, 0.15) is 12.6 Å². The van der Waals surface area contributed by atoms with Crippen molar-refractivity contribution in [1.82, 2.24) is 10.6 Å². The lowest BCUT2D eigenvalue weighted by Crippen LogP contribution is -2.50. The van der Waals surface area contributed by atoms with Crippen LogP contribution in [0, 0.1) is 11.8 Å². The van der Waals surface area contributed by atoms with Gasteiger partial charge >= 0.3 is 12.1 Å². The van der Waals surface area contributed by atoms with Crippen LogP contribution in [0.3, 0.4) is 0 Å². The second kappa shape index (κ2) is 10.1. The summed E-state index contributed by atoms with van der Waals surface area (Å²) in [5.74, 6) is -1.77. The molecule has 2 aliphatic carbocycles. The standard InChI is InChI=1S/C27H30N2O5/c1-16(2)13-24(25(30)28-18-12-11-17(14-18)26(31)32)29-27(33)34-15-23-21-9-5-3-7-19(21)20-8-4-6-10-22(20)23/h3-12,16-18,23-24H,13-15H2,1-2H3,(H,28,30)(H,29,33)(H,31,32)/t17?,18?,24-/m1/s1. The van der Waals surface area contributed by atoms with Crippen LogP contribution in [0.15, 0.2) is 60.7 Å². The van der Waals surface area contributed by atoms with Gasteiger partial charge in [0.2, 0.25) is 5.91 Å². The monoisotopic (exact) mass is 462 g/mol. The Morgan fingerprint density at radius 3 is 2.18 bits per heavy atom. The molecule has 0 bridgehead atoms. The summed E-state index contributed by atoms with van der Waals surface area (Å²) in [6.45, 7) is 4.10. The predicted octanol–water partition coefficient (Wildman–Crippen LogP) is 4.09. The first-order chi connectivity index (χ1) is 16.3. The van der Waals surface area contributed by atoms with E-state index in [4.69, 9.17) is 9.84 Å². The van der Waals surface area contributed by atoms with Gasteiger partial charge in [-0.3, -0.25) is 9.59 Å². The summed E-state index contributed by atoms with van der Waals surface area (Å²) in [7, 11) is 0. The Bertz CT molecular complexity index is 1060. The minimum absolute atomic E-state index is 0.0629. The number of aliphatic carboxylic acids is 1. The van der Waals surface area contributed by atoms with E-state index in [0.717, 1.165) is 22.3 Å². The first kappa shape index (κ1) is 23.5. The highest BCUT2D eigenvalue weighted by Gasteiger charge is 2.31. The number of carbonyl (C=O) groups excluding carboxylic acids is 2. The van der Waals surface area contributed by atoms with Crippen LogP contribution < -0.4 is 10.6 Å². The lowest BCUT2D eigenvalue weighted by molar-refractivity contribution is -0.140. The number of hydrogen-bond acceptors (Lipinski definition) is 4. The zero-order valence-corrected chi connectivity index (χ0v) is 19.4. The Balaban J connectivity index is 1.38. The van der Waals surface area contributed by atoms with Crippen molar-refractivity contribution in [3.05, 3.63) is 71.8 Å². The molecule has 0 aromatic heterocycles. The predicted molar refractivity (Wildman–Crippen MR) is 128 cm³/mol. The van der Waals surface area contributed by atoms with Gasteiger partial charge in [-0.1, -0.05) is 74.5 Å². The highest BCUT2D eigenvalue weighted by atomic mass is 16.5. The molecular formula is C27H30N2O5. The molecule has 0 saturated heterocycles. The van der Waals surface area contributed by atoms with Crippen LogP contribution in [0.4, 0.5) is 4.79 Å². The second-order valence-electron chi connectivity index (χ2n) is 9.33. The third kappa shape index (κ3) is 5.14. The van der Waals surface area contributed by atoms with Gasteiger partial charge in [-0.05, 0) is 41.0 Å². The Labute approximate surface area is 199 Å². The van der Waals surface area contributed by atoms with Crippen molar-refractivity contribution in [2.45, 2.75) is 44.7 Å². The molecule has 2 aromatic carbocycles. The molecule has 178 valence electrons. The lowest BCUT2D eigenvalue weighted by Gasteiger charge is -2.22. The van der Waals surface area contributed by atoms with Gasteiger partial charge < -0.3 is 20.5 Å². The maximum absolute atomic E-state index is 12.9. The fraction of sp³-hybridized carbons (Fsp3) is 0.370. The lowest BCUT2D eigenvalue weighted by atomic mass is 9.98. The second-order valence-corrected chi connectivity index (χ2v) is 9.33. The van der Waals surface area contributed by atoms with Crippen molar-refractivity contribution in [3.8, 4) is 11.1 Å². The van der Waals surface area contributed by atoms with Gasteiger partial charge in [-0.25, -0.2) is 4.79 Å². The maximum atomic E-state index is 12.9. The van der Waals surface area contributed by atoms with Crippen molar-refractivity contribution in [3.63, 3.8) is 0 Å². The fourth-order valence-corrected chi connectivity index (χ4v) is 4.76. The van der Waals surface area contributed by atoms with Crippen LogP contribution in [-0.4, -0.2) is 41.8 Å². The third-order valence-electron chi connectivity index (χ3n) is 6.39. The number of rotatable bonds is 8. The quantitative estimate of drug-likeness (QED) is 0.513. The Morgan fingerprint density at radius 1 is 1.00 bits per heavy atom. The molecule has 7 heteroatoms. The number of carbonyl (C=O) groups is 3. The van der Waals surface area contributed by atoms with Crippen LogP contribution in [0.25, 0.3) is 11.1 Å². The van der Waals surface area contributed by atoms with E-state index in [1.54, 1.807) is 12.2 Å². The number of carboxylic acids is 1. The smallest absolute Gasteiger partial charge is 0.407 e. The van der Waals surface area contributed by atoms with Crippen molar-refractivity contribution in [1.29, 1.82) is 0 Å². The minimum Gasteiger partial charge on any atom is -0.481 e. The number of hydrogen-bond donors (Lipinski definition) is 3. The van der Waals surface area contributed by atoms with E-state index in [1.165, 1.54) is 0 Å². The minimum atomic E-state index is -0.913. The molecule has 0 heterocycles. The van der Waals surface area contributed by atoms with Gasteiger partial charge in [-0.15, -0.1) is 0 Å². The molecule has 0 saturated carbocycles. The first-order valence-corrected chi connectivity index (χ1v) is 11.7. The highest BCUT2D eigenvalue weighted by Crippen LogP contribution is 2.44. The number of benzene rings is 2. The van der Waals surface area contributed by atoms with E-state index < -0.39 is 24.0 Å². The Hall–Kier alpha value is -3.61. The van der Waals surface area contributed by atoms with Crippen LogP contribution in [0.2, 0.25) is 0 Å². The summed E-state index contributed by atoms with van der Waals surface area (Å²) in [6, 6.07) is 15.1. The third-order valence-corrected chi connectivity index (χ3v) is 6.39. The largest absolute Gasteiger partial charge is 0.481 e. The van der Waals surface area contributed by atoms with E-state index in [0.29, 0.717) is 12.8 Å². The van der Waals surface area contributed by atoms with Crippen LogP contribution in [-0.2, 0) is 14.3 Å². The van der Waals surface area contributed by atoms with Crippen molar-refractivity contribution < 1.29 is 24.2 Å². The molecule has 0 aliphatic heterocycles. The topological polar surface area (TPSA) is 105 Å². The molecular weight excluding hydrogens is 432 g/mol. The molecule has 3 atom stereocenters. The molecule has 0 fully saturated rings. The molecule has 2 aliphatic rings. The van der Waals surface area contributed by atoms with Crippen molar-refractivity contribution in [2.75, 3.05) is 6.61 Å². The van der Waals surface area contributed by atoms with Gasteiger partial charge in [0.05, 0.1) is 5.92 Å². The summed E-state index contributed by atoms with van der Waals surface area (Å²) in [5.41, 5.74) is 4.53. The SMILES string of the molecule is CC(C)C[C@@H](NC(=O)OCC1c2ccccc2-c2ccccc21)C(=O)NC1C=CC(C(=O)O)C1. The van der Waals surface area contributed by atoms with E-state index in [9.17, 15) is 14.4 Å². The van der Waals surface area contributed by atoms with Crippen LogP contribution >= 0.6 is 0 Å². The zero-order chi connectivity index (χ0) is 24.2. The van der Waals surface area contributed by atoms with Gasteiger partial charge in [0, 0.05) is 12.0 Å². The molecule has 3 N–H and O–H groups in total. The van der Waals surface area contributed by atoms with E-state index in [2.05, 4.69) is 34.9 Å². The molecule has 7 nitrogen and oxygen atoms in total. The summed E-state index contributed by atoms with van der Waals surface area (Å²) < 4.78 is 5.60. The summed E-state index contributed by atoms with van der Waals surface area (Å²) in [4.78, 5) is 36.7. The molecule has 2 aromatic rings. The molecule has 0 spiro atoms. The zero-order valence-electron chi connectivity index (χ0n) is 19.4. The Morgan fingerprint density at radius 2 is 1.62 bits per heavy atom. The Kier molecular flexibility index (Phi) is 7.01. The van der Waals surface area contributed by atoms with Crippen LogP contribution in [0.1, 0.15) is 43.7 Å². The number of carboxylic acid groups (broad SMARTS) is 1. The molecule has 2 amide bonds. The number of nitrogens with one attached hydrogen (secondary N) is 2. The highest BCUT2D eigenvalue weighted by molar-refractivity contribution is 5.86. The summed E-state index contributed by atoms with van der Waals surface area (Å²) in [6.07, 6.45) is 3.38. The summed E-state index contributed by atoms with van der Waals surface area (Å²) in [5, 5.41) is 14.7. The normalized spacial score (nSPS) is 19.4. The molecule has 2 unspecified atom stereocenters. The molecule has 34 heavy (non-hydrogen) atoms. The van der Waals surface area contributed by atoms with Crippen LogP contribution in [0.5, 0.6) is 0 Å². The number of fused-ring (bicyclic) bond motifs is 3. The average molecular weight is 463 g/mol. The summed E-state index contributed by atoms with van der Waals surface area (Å²) >= 11 is 0. The molecule has 0 radical (unpaired) electrons. The van der Waals surface area contributed by atoms with Crippen molar-refractivity contribution in [2.24, 2.45) is 11.8 Å². The van der Waals surface area contributed by atoms with Gasteiger partial charge in [-0.2, -0.15) is 0 Å². The fourth-order valence-electron chi connectivity index (χ4n) is 4.76. The maximum Gasteiger partial charge on any atom is 0.407 e. The molecule has 4 rings (SSSR count). The first-order valence-electron chi connectivity index (χ1n) is 11.7. The number of amides is 2. The number of ether oxygens (including phenoxy) is 1. The van der Waals surface area contributed by atoms with E-state index >= 15 is 0 Å². The van der Waals surface area contributed by atoms with E-state index in [-0.39, 0.29) is 30.4 Å². The average Bonchev–Trinajstić information content (AvgIpc) is 3.40. The number of alkyl carbamates (subject to hydrolysis) is 1. The van der Waals surface area contributed by atoms with E-state index in [1.807, 2.05) is 38.1 Å². The van der Waals surface area contributed by atoms with Gasteiger partial charge in [0.25, 0.3) is 0 Å².